The maximum atomic E-state index is 4.41. The Bertz CT molecular complexity index is 552. The highest BCUT2D eigenvalue weighted by atomic mass is 15.3. The Morgan fingerprint density at radius 2 is 2.33 bits per heavy atom. The molecule has 3 rings (SSSR count). The van der Waals surface area contributed by atoms with Gasteiger partial charge in [0.2, 0.25) is 0 Å². The van der Waals surface area contributed by atoms with Gasteiger partial charge in [0.15, 0.2) is 5.82 Å². The minimum absolute atomic E-state index is 0.475. The molecule has 1 aliphatic heterocycles. The highest BCUT2D eigenvalue weighted by Gasteiger charge is 2.20. The summed E-state index contributed by atoms with van der Waals surface area (Å²) in [4.78, 5) is 6.72. The van der Waals surface area contributed by atoms with E-state index in [9.17, 15) is 0 Å². The lowest BCUT2D eigenvalue weighted by molar-refractivity contribution is 0.411. The monoisotopic (exact) mass is 286 g/mol. The van der Waals surface area contributed by atoms with Gasteiger partial charge in [-0.2, -0.15) is 5.10 Å². The molecule has 2 aromatic heterocycles. The number of aryl methyl sites for hydroxylation is 1. The van der Waals surface area contributed by atoms with E-state index in [0.717, 1.165) is 37.8 Å². The Hall–Kier alpha value is -1.95. The Morgan fingerprint density at radius 3 is 3.14 bits per heavy atom. The maximum absolute atomic E-state index is 4.41. The number of anilines is 1. The van der Waals surface area contributed by atoms with Gasteiger partial charge in [0.25, 0.3) is 0 Å². The van der Waals surface area contributed by atoms with Gasteiger partial charge in [-0.05, 0) is 31.9 Å². The van der Waals surface area contributed by atoms with Crippen molar-refractivity contribution >= 4 is 5.82 Å². The van der Waals surface area contributed by atoms with Crippen molar-refractivity contribution in [2.75, 3.05) is 18.0 Å². The van der Waals surface area contributed by atoms with Gasteiger partial charge in [0.1, 0.15) is 5.82 Å². The molecule has 0 aromatic carbocycles. The summed E-state index contributed by atoms with van der Waals surface area (Å²) in [5.41, 5.74) is 0. The van der Waals surface area contributed by atoms with Gasteiger partial charge >= 0.3 is 0 Å². The summed E-state index contributed by atoms with van der Waals surface area (Å²) in [7, 11) is 0. The zero-order valence-electron chi connectivity index (χ0n) is 12.4. The van der Waals surface area contributed by atoms with Crippen molar-refractivity contribution in [3.63, 3.8) is 0 Å². The van der Waals surface area contributed by atoms with Crippen molar-refractivity contribution in [2.24, 2.45) is 0 Å². The average molecular weight is 286 g/mol. The van der Waals surface area contributed by atoms with Crippen molar-refractivity contribution in [3.05, 3.63) is 36.5 Å². The second kappa shape index (κ2) is 6.67. The Kier molecular flexibility index (Phi) is 4.45. The molecule has 1 fully saturated rings. The molecule has 1 N–H and O–H groups in total. The summed E-state index contributed by atoms with van der Waals surface area (Å²) in [6.07, 6.45) is 7.99. The smallest absolute Gasteiger partial charge is 0.151 e. The van der Waals surface area contributed by atoms with Crippen LogP contribution in [0.15, 0.2) is 30.7 Å². The third-order valence-corrected chi connectivity index (χ3v) is 3.99. The topological polar surface area (TPSA) is 58.9 Å². The lowest BCUT2D eigenvalue weighted by Crippen LogP contribution is -2.46. The number of hydrogen-bond acceptors (Lipinski definition) is 5. The first-order valence-corrected chi connectivity index (χ1v) is 7.63. The van der Waals surface area contributed by atoms with E-state index in [2.05, 4.69) is 36.9 Å². The molecule has 0 amide bonds. The highest BCUT2D eigenvalue weighted by Crippen LogP contribution is 2.16. The molecule has 1 aliphatic rings. The molecule has 112 valence electrons. The van der Waals surface area contributed by atoms with Gasteiger partial charge in [-0.25, -0.2) is 4.98 Å². The summed E-state index contributed by atoms with van der Waals surface area (Å²) >= 11 is 0. The SMILES string of the molecule is CCn1ccnc1CN[C@@H]1CCCN(c2cccnn2)C1. The fourth-order valence-corrected chi connectivity index (χ4v) is 2.84. The molecule has 0 bridgehead atoms. The summed E-state index contributed by atoms with van der Waals surface area (Å²) in [5, 5.41) is 11.8. The summed E-state index contributed by atoms with van der Waals surface area (Å²) in [5.74, 6) is 2.08. The number of hydrogen-bond donors (Lipinski definition) is 1. The molecular weight excluding hydrogens is 264 g/mol. The zero-order chi connectivity index (χ0) is 14.5. The molecule has 0 unspecified atom stereocenters. The Balaban J connectivity index is 1.57. The molecule has 3 heterocycles. The molecule has 1 saturated heterocycles. The van der Waals surface area contributed by atoms with Crippen LogP contribution in [-0.4, -0.2) is 38.9 Å². The van der Waals surface area contributed by atoms with E-state index < -0.39 is 0 Å². The molecule has 0 spiro atoms. The van der Waals surface area contributed by atoms with Crippen LogP contribution in [0.5, 0.6) is 0 Å². The van der Waals surface area contributed by atoms with E-state index in [1.807, 2.05) is 24.5 Å². The predicted molar refractivity (Wildman–Crippen MR) is 82.0 cm³/mol. The molecule has 21 heavy (non-hydrogen) atoms. The van der Waals surface area contributed by atoms with E-state index in [1.165, 1.54) is 12.8 Å². The standard InChI is InChI=1S/C15H22N6/c1-2-20-10-8-16-15(20)11-17-13-5-4-9-21(12-13)14-6-3-7-18-19-14/h3,6-8,10,13,17H,2,4-5,9,11-12H2,1H3/t13-/m1/s1. The van der Waals surface area contributed by atoms with Crippen LogP contribution in [0.2, 0.25) is 0 Å². The fraction of sp³-hybridized carbons (Fsp3) is 0.533. The largest absolute Gasteiger partial charge is 0.354 e. The first-order chi connectivity index (χ1) is 10.4. The molecular formula is C15H22N6. The van der Waals surface area contributed by atoms with Gasteiger partial charge < -0.3 is 14.8 Å². The van der Waals surface area contributed by atoms with E-state index in [-0.39, 0.29) is 0 Å². The lowest BCUT2D eigenvalue weighted by Gasteiger charge is -2.33. The van der Waals surface area contributed by atoms with Crippen LogP contribution in [-0.2, 0) is 13.1 Å². The second-order valence-corrected chi connectivity index (χ2v) is 5.38. The normalized spacial score (nSPS) is 18.9. The second-order valence-electron chi connectivity index (χ2n) is 5.38. The number of nitrogens with one attached hydrogen (secondary N) is 1. The quantitative estimate of drug-likeness (QED) is 0.901. The molecule has 1 atom stereocenters. The average Bonchev–Trinajstić information content (AvgIpc) is 3.01. The Labute approximate surface area is 125 Å². The predicted octanol–water partition coefficient (Wildman–Crippen LogP) is 1.45. The van der Waals surface area contributed by atoms with Crippen LogP contribution < -0.4 is 10.2 Å². The van der Waals surface area contributed by atoms with Crippen LogP contribution in [0.4, 0.5) is 5.82 Å². The maximum Gasteiger partial charge on any atom is 0.151 e. The first kappa shape index (κ1) is 14.0. The van der Waals surface area contributed by atoms with Crippen molar-refractivity contribution in [1.82, 2.24) is 25.1 Å². The summed E-state index contributed by atoms with van der Waals surface area (Å²) in [6.45, 7) is 5.96. The highest BCUT2D eigenvalue weighted by molar-refractivity contribution is 5.37. The summed E-state index contributed by atoms with van der Waals surface area (Å²) in [6, 6.07) is 4.44. The molecule has 0 aliphatic carbocycles. The number of piperidine rings is 1. The molecule has 2 aromatic rings. The van der Waals surface area contributed by atoms with Crippen molar-refractivity contribution in [2.45, 2.75) is 38.9 Å². The Morgan fingerprint density at radius 1 is 1.38 bits per heavy atom. The van der Waals surface area contributed by atoms with Crippen LogP contribution in [0.25, 0.3) is 0 Å². The summed E-state index contributed by atoms with van der Waals surface area (Å²) < 4.78 is 2.18. The zero-order valence-corrected chi connectivity index (χ0v) is 12.4. The number of nitrogens with zero attached hydrogens (tertiary/aromatic N) is 5. The van der Waals surface area contributed by atoms with Crippen molar-refractivity contribution in [1.29, 1.82) is 0 Å². The van der Waals surface area contributed by atoms with Crippen LogP contribution in [0.1, 0.15) is 25.6 Å². The van der Waals surface area contributed by atoms with Crippen molar-refractivity contribution in [3.8, 4) is 0 Å². The van der Waals surface area contributed by atoms with E-state index >= 15 is 0 Å². The van der Waals surface area contributed by atoms with E-state index in [1.54, 1.807) is 6.20 Å². The minimum Gasteiger partial charge on any atom is -0.354 e. The van der Waals surface area contributed by atoms with E-state index in [4.69, 9.17) is 0 Å². The van der Waals surface area contributed by atoms with Gasteiger partial charge in [-0.3, -0.25) is 0 Å². The van der Waals surface area contributed by atoms with Gasteiger partial charge in [0, 0.05) is 44.3 Å². The van der Waals surface area contributed by atoms with E-state index in [0.29, 0.717) is 6.04 Å². The number of imidazole rings is 1. The number of rotatable bonds is 5. The molecule has 6 heteroatoms. The van der Waals surface area contributed by atoms with Crippen molar-refractivity contribution < 1.29 is 0 Å². The third kappa shape index (κ3) is 3.39. The third-order valence-electron chi connectivity index (χ3n) is 3.99. The molecule has 0 saturated carbocycles. The van der Waals surface area contributed by atoms with Gasteiger partial charge in [-0.1, -0.05) is 0 Å². The first-order valence-electron chi connectivity index (χ1n) is 7.63. The lowest BCUT2D eigenvalue weighted by atomic mass is 10.1. The molecule has 6 nitrogen and oxygen atoms in total. The van der Waals surface area contributed by atoms with Crippen LogP contribution in [0.3, 0.4) is 0 Å². The molecule has 0 radical (unpaired) electrons. The fourth-order valence-electron chi connectivity index (χ4n) is 2.84. The number of aromatic nitrogens is 4. The van der Waals surface area contributed by atoms with Gasteiger partial charge in [-0.15, -0.1) is 5.10 Å². The van der Waals surface area contributed by atoms with Gasteiger partial charge in [0.05, 0.1) is 6.54 Å². The minimum atomic E-state index is 0.475. The van der Waals surface area contributed by atoms with Crippen LogP contribution >= 0.6 is 0 Å². The van der Waals surface area contributed by atoms with Crippen LogP contribution in [0, 0.1) is 0 Å².